The van der Waals surface area contributed by atoms with Gasteiger partial charge < -0.3 is 9.47 Å². The molecule has 0 atom stereocenters. The maximum atomic E-state index is 11.6. The van der Waals surface area contributed by atoms with E-state index in [2.05, 4.69) is 4.98 Å². The zero-order valence-electron chi connectivity index (χ0n) is 12.3. The van der Waals surface area contributed by atoms with Crippen molar-refractivity contribution in [2.45, 2.75) is 0 Å². The molecule has 0 amide bonds. The molecule has 0 unspecified atom stereocenters. The monoisotopic (exact) mass is 350 g/mol. The SMILES string of the molecule is COc1ccc(-c2nc3c(Cl)cc(Cl)cn3c2C=O)cc1OC. The van der Waals surface area contributed by atoms with Gasteiger partial charge in [0.1, 0.15) is 11.4 Å². The number of nitrogens with zero attached hydrogens (tertiary/aromatic N) is 2. The highest BCUT2D eigenvalue weighted by Gasteiger charge is 2.17. The number of fused-ring (bicyclic) bond motifs is 1. The number of aromatic nitrogens is 2. The van der Waals surface area contributed by atoms with Crippen LogP contribution in [0.1, 0.15) is 10.5 Å². The van der Waals surface area contributed by atoms with Crippen LogP contribution in [0.25, 0.3) is 16.9 Å². The third kappa shape index (κ3) is 2.62. The lowest BCUT2D eigenvalue weighted by molar-refractivity contribution is 0.111. The molecule has 2 aromatic heterocycles. The third-order valence-electron chi connectivity index (χ3n) is 3.45. The van der Waals surface area contributed by atoms with E-state index >= 15 is 0 Å². The fraction of sp³-hybridized carbons (Fsp3) is 0.125. The second-order valence-corrected chi connectivity index (χ2v) is 5.58. The van der Waals surface area contributed by atoms with Crippen LogP contribution in [0.2, 0.25) is 10.0 Å². The quantitative estimate of drug-likeness (QED) is 0.663. The summed E-state index contributed by atoms with van der Waals surface area (Å²) < 4.78 is 12.1. The van der Waals surface area contributed by atoms with Crippen molar-refractivity contribution in [2.75, 3.05) is 14.2 Å². The summed E-state index contributed by atoms with van der Waals surface area (Å²) in [5.41, 5.74) is 2.02. The number of carbonyl (C=O) groups excluding carboxylic acids is 1. The Balaban J connectivity index is 2.28. The van der Waals surface area contributed by atoms with Gasteiger partial charge in [-0.25, -0.2) is 4.98 Å². The normalized spacial score (nSPS) is 10.8. The molecule has 3 aromatic rings. The molecule has 0 spiro atoms. The van der Waals surface area contributed by atoms with Gasteiger partial charge in [0.05, 0.1) is 24.3 Å². The summed E-state index contributed by atoms with van der Waals surface area (Å²) in [7, 11) is 3.10. The number of imidazole rings is 1. The maximum Gasteiger partial charge on any atom is 0.169 e. The van der Waals surface area contributed by atoms with E-state index in [4.69, 9.17) is 32.7 Å². The molecule has 0 bridgehead atoms. The molecular weight excluding hydrogens is 339 g/mol. The van der Waals surface area contributed by atoms with Crippen molar-refractivity contribution in [1.82, 2.24) is 9.38 Å². The molecule has 3 rings (SSSR count). The molecule has 0 aliphatic rings. The molecular formula is C16H12Cl2N2O3. The first-order chi connectivity index (χ1) is 11.1. The third-order valence-corrected chi connectivity index (χ3v) is 3.93. The molecule has 2 heterocycles. The molecule has 0 fully saturated rings. The van der Waals surface area contributed by atoms with Crippen LogP contribution in [0, 0.1) is 0 Å². The highest BCUT2D eigenvalue weighted by Crippen LogP contribution is 2.34. The summed E-state index contributed by atoms with van der Waals surface area (Å²) in [4.78, 5) is 16.0. The highest BCUT2D eigenvalue weighted by molar-refractivity contribution is 6.36. The van der Waals surface area contributed by atoms with Crippen LogP contribution in [0.3, 0.4) is 0 Å². The van der Waals surface area contributed by atoms with Gasteiger partial charge in [-0.15, -0.1) is 0 Å². The molecule has 0 saturated heterocycles. The van der Waals surface area contributed by atoms with E-state index in [1.54, 1.807) is 49.1 Å². The number of aldehydes is 1. The van der Waals surface area contributed by atoms with E-state index in [0.717, 1.165) is 6.29 Å². The van der Waals surface area contributed by atoms with Gasteiger partial charge >= 0.3 is 0 Å². The maximum absolute atomic E-state index is 11.6. The number of pyridine rings is 1. The number of methoxy groups -OCH3 is 2. The van der Waals surface area contributed by atoms with Crippen molar-refractivity contribution >= 4 is 35.1 Å². The first kappa shape index (κ1) is 15.6. The Morgan fingerprint density at radius 2 is 1.87 bits per heavy atom. The van der Waals surface area contributed by atoms with Gasteiger partial charge in [0.15, 0.2) is 23.4 Å². The highest BCUT2D eigenvalue weighted by atomic mass is 35.5. The van der Waals surface area contributed by atoms with Crippen molar-refractivity contribution < 1.29 is 14.3 Å². The van der Waals surface area contributed by atoms with Gasteiger partial charge in [-0.1, -0.05) is 23.2 Å². The second kappa shape index (κ2) is 6.10. The minimum atomic E-state index is 0.358. The van der Waals surface area contributed by atoms with Gasteiger partial charge in [0.2, 0.25) is 0 Å². The predicted octanol–water partition coefficient (Wildman–Crippen LogP) is 4.14. The average Bonchev–Trinajstić information content (AvgIpc) is 2.92. The molecule has 23 heavy (non-hydrogen) atoms. The molecule has 118 valence electrons. The van der Waals surface area contributed by atoms with E-state index in [1.807, 2.05) is 0 Å². The predicted molar refractivity (Wildman–Crippen MR) is 89.1 cm³/mol. The standard InChI is InChI=1S/C16H12Cl2N2O3/c1-22-13-4-3-9(5-14(13)23-2)15-12(8-21)20-7-10(17)6-11(18)16(20)19-15/h3-8H,1-2H3. The van der Waals surface area contributed by atoms with Crippen molar-refractivity contribution in [1.29, 1.82) is 0 Å². The second-order valence-electron chi connectivity index (χ2n) is 4.73. The largest absolute Gasteiger partial charge is 0.493 e. The van der Waals surface area contributed by atoms with E-state index in [9.17, 15) is 4.79 Å². The number of rotatable bonds is 4. The number of hydrogen-bond acceptors (Lipinski definition) is 4. The lowest BCUT2D eigenvalue weighted by Crippen LogP contribution is -1.94. The van der Waals surface area contributed by atoms with Crippen LogP contribution in [0.4, 0.5) is 0 Å². The van der Waals surface area contributed by atoms with Gasteiger partial charge in [-0.3, -0.25) is 9.20 Å². The molecule has 0 aliphatic carbocycles. The Labute approximate surface area is 142 Å². The minimum Gasteiger partial charge on any atom is -0.493 e. The van der Waals surface area contributed by atoms with Crippen molar-refractivity contribution in [3.8, 4) is 22.8 Å². The van der Waals surface area contributed by atoms with Crippen molar-refractivity contribution in [3.63, 3.8) is 0 Å². The Bertz CT molecular complexity index is 906. The molecule has 5 nitrogen and oxygen atoms in total. The van der Waals surface area contributed by atoms with Crippen LogP contribution in [-0.2, 0) is 0 Å². The molecule has 1 aromatic carbocycles. The Hall–Kier alpha value is -2.24. The molecule has 0 aliphatic heterocycles. The van der Waals surface area contributed by atoms with E-state index in [0.29, 0.717) is 44.1 Å². The van der Waals surface area contributed by atoms with Gasteiger partial charge in [-0.2, -0.15) is 0 Å². The summed E-state index contributed by atoms with van der Waals surface area (Å²) in [6.07, 6.45) is 2.32. The molecule has 0 radical (unpaired) electrons. The van der Waals surface area contributed by atoms with Crippen LogP contribution >= 0.6 is 23.2 Å². The van der Waals surface area contributed by atoms with Gasteiger partial charge in [0.25, 0.3) is 0 Å². The molecule has 7 heteroatoms. The number of carbonyl (C=O) groups is 1. The zero-order chi connectivity index (χ0) is 16.6. The Kier molecular flexibility index (Phi) is 4.15. The van der Waals surface area contributed by atoms with Crippen LogP contribution in [-0.4, -0.2) is 29.9 Å². The zero-order valence-corrected chi connectivity index (χ0v) is 13.9. The van der Waals surface area contributed by atoms with E-state index in [1.165, 1.54) is 0 Å². The van der Waals surface area contributed by atoms with Gasteiger partial charge in [0, 0.05) is 11.8 Å². The lowest BCUT2D eigenvalue weighted by Gasteiger charge is -2.08. The summed E-state index contributed by atoms with van der Waals surface area (Å²) in [6.45, 7) is 0. The fourth-order valence-corrected chi connectivity index (χ4v) is 2.91. The molecule has 0 saturated carbocycles. The lowest BCUT2D eigenvalue weighted by atomic mass is 10.1. The molecule has 0 N–H and O–H groups in total. The van der Waals surface area contributed by atoms with Crippen LogP contribution in [0.15, 0.2) is 30.5 Å². The van der Waals surface area contributed by atoms with Crippen molar-refractivity contribution in [3.05, 3.63) is 46.2 Å². The minimum absolute atomic E-state index is 0.358. The summed E-state index contributed by atoms with van der Waals surface area (Å²) >= 11 is 12.2. The van der Waals surface area contributed by atoms with E-state index < -0.39 is 0 Å². The topological polar surface area (TPSA) is 52.8 Å². The summed E-state index contributed by atoms with van der Waals surface area (Å²) in [6, 6.07) is 6.88. The first-order valence-corrected chi connectivity index (χ1v) is 7.39. The average molecular weight is 351 g/mol. The number of benzene rings is 1. The van der Waals surface area contributed by atoms with Crippen molar-refractivity contribution in [2.24, 2.45) is 0 Å². The van der Waals surface area contributed by atoms with Gasteiger partial charge in [-0.05, 0) is 24.3 Å². The number of halogens is 2. The fourth-order valence-electron chi connectivity index (χ4n) is 2.40. The van der Waals surface area contributed by atoms with E-state index in [-0.39, 0.29) is 0 Å². The van der Waals surface area contributed by atoms with Crippen LogP contribution in [0.5, 0.6) is 11.5 Å². The first-order valence-electron chi connectivity index (χ1n) is 6.63. The Morgan fingerprint density at radius 1 is 1.13 bits per heavy atom. The Morgan fingerprint density at radius 3 is 2.52 bits per heavy atom. The number of hydrogen-bond donors (Lipinski definition) is 0. The summed E-state index contributed by atoms with van der Waals surface area (Å²) in [5, 5.41) is 0.786. The van der Waals surface area contributed by atoms with Crippen LogP contribution < -0.4 is 9.47 Å². The smallest absolute Gasteiger partial charge is 0.169 e. The summed E-state index contributed by atoms with van der Waals surface area (Å²) in [5.74, 6) is 1.14. The number of ether oxygens (including phenoxy) is 2.